The van der Waals surface area contributed by atoms with Crippen molar-refractivity contribution in [3.05, 3.63) is 35.4 Å². The summed E-state index contributed by atoms with van der Waals surface area (Å²) in [6.07, 6.45) is 0.130. The van der Waals surface area contributed by atoms with E-state index in [9.17, 15) is 4.79 Å². The third-order valence-corrected chi connectivity index (χ3v) is 9.26. The molecular formula is C19H32O4Si. The van der Waals surface area contributed by atoms with Gasteiger partial charge in [-0.3, -0.25) is 0 Å². The average molecular weight is 353 g/mol. The second kappa shape index (κ2) is 7.91. The molecule has 1 rings (SSSR count). The Balaban J connectivity index is 3.01. The van der Waals surface area contributed by atoms with Crippen molar-refractivity contribution in [2.24, 2.45) is 0 Å². The lowest BCUT2D eigenvalue weighted by Crippen LogP contribution is -2.40. The van der Waals surface area contributed by atoms with Gasteiger partial charge in [-0.15, -0.1) is 0 Å². The third-order valence-electron chi connectivity index (χ3n) is 4.78. The number of rotatable bonds is 8. The van der Waals surface area contributed by atoms with Crippen LogP contribution in [0.3, 0.4) is 0 Å². The Bertz CT molecular complexity index is 547. The number of carbonyl (C=O) groups is 1. The van der Waals surface area contributed by atoms with Crippen LogP contribution in [0.1, 0.15) is 51.8 Å². The van der Waals surface area contributed by atoms with E-state index in [1.807, 2.05) is 24.3 Å². The molecule has 0 radical (unpaired) electrons. The summed E-state index contributed by atoms with van der Waals surface area (Å²) < 4.78 is 17.4. The van der Waals surface area contributed by atoms with Crippen molar-refractivity contribution in [2.45, 2.75) is 71.2 Å². The van der Waals surface area contributed by atoms with Gasteiger partial charge in [0.1, 0.15) is 6.10 Å². The van der Waals surface area contributed by atoms with Crippen LogP contribution < -0.4 is 0 Å². The maximum atomic E-state index is 11.6. The molecular weight excluding hydrogens is 320 g/mol. The minimum Gasteiger partial charge on any atom is -0.413 e. The highest BCUT2D eigenvalue weighted by Crippen LogP contribution is 2.37. The molecule has 0 bridgehead atoms. The van der Waals surface area contributed by atoms with Gasteiger partial charge in [0.05, 0.1) is 6.61 Å². The molecule has 0 amide bonds. The highest BCUT2D eigenvalue weighted by molar-refractivity contribution is 6.74. The van der Waals surface area contributed by atoms with Crippen LogP contribution in [0.5, 0.6) is 0 Å². The Hall–Kier alpha value is -1.01. The molecule has 1 aromatic carbocycles. The fraction of sp³-hybridized carbons (Fsp3) is 0.632. The Labute approximate surface area is 147 Å². The summed E-state index contributed by atoms with van der Waals surface area (Å²) in [5, 5.41) is 0.139. The standard InChI is InChI=1S/C19H32O4Si/c1-18(2,3)24(7,8)22-14-15-11-9-10-12-16(15)17(13-20)23-19(4,5)21-6/h9-13,17H,14H2,1-8H3/t17-/m0/s1. The molecule has 0 aliphatic rings. The summed E-state index contributed by atoms with van der Waals surface area (Å²) >= 11 is 0. The summed E-state index contributed by atoms with van der Waals surface area (Å²) in [6, 6.07) is 7.76. The number of hydrogen-bond donors (Lipinski definition) is 0. The molecule has 1 atom stereocenters. The molecule has 0 N–H and O–H groups in total. The SMILES string of the molecule is COC(C)(C)O[C@@H](C=O)c1ccccc1CO[Si](C)(C)C(C)(C)C. The van der Waals surface area contributed by atoms with E-state index >= 15 is 0 Å². The fourth-order valence-corrected chi connectivity index (χ4v) is 2.89. The van der Waals surface area contributed by atoms with Crippen LogP contribution in [0.4, 0.5) is 0 Å². The topological polar surface area (TPSA) is 44.8 Å². The summed E-state index contributed by atoms with van der Waals surface area (Å²) in [4.78, 5) is 11.6. The normalized spacial score (nSPS) is 14.5. The van der Waals surface area contributed by atoms with E-state index in [0.717, 1.165) is 17.4 Å². The number of hydrogen-bond acceptors (Lipinski definition) is 4. The summed E-state index contributed by atoms with van der Waals surface area (Å²) in [6.45, 7) is 15.1. The van der Waals surface area contributed by atoms with Crippen LogP contribution >= 0.6 is 0 Å². The molecule has 0 heterocycles. The first-order valence-corrected chi connectivity index (χ1v) is 11.2. The molecule has 24 heavy (non-hydrogen) atoms. The Morgan fingerprint density at radius 3 is 2.21 bits per heavy atom. The van der Waals surface area contributed by atoms with Crippen LogP contribution in [0.15, 0.2) is 24.3 Å². The zero-order chi connectivity index (χ0) is 18.6. The van der Waals surface area contributed by atoms with Crippen molar-refractivity contribution in [2.75, 3.05) is 7.11 Å². The molecule has 0 fully saturated rings. The minimum atomic E-state index is -1.86. The largest absolute Gasteiger partial charge is 0.413 e. The van der Waals surface area contributed by atoms with Crippen molar-refractivity contribution >= 4 is 14.6 Å². The van der Waals surface area contributed by atoms with E-state index in [4.69, 9.17) is 13.9 Å². The molecule has 0 unspecified atom stereocenters. The van der Waals surface area contributed by atoms with Gasteiger partial charge in [-0.2, -0.15) is 0 Å². The molecule has 136 valence electrons. The predicted octanol–water partition coefficient (Wildman–Crippen LogP) is 4.85. The van der Waals surface area contributed by atoms with Crippen LogP contribution in [-0.4, -0.2) is 27.5 Å². The van der Waals surface area contributed by atoms with Gasteiger partial charge in [0.15, 0.2) is 20.4 Å². The molecule has 4 nitrogen and oxygen atoms in total. The van der Waals surface area contributed by atoms with E-state index in [1.165, 1.54) is 0 Å². The lowest BCUT2D eigenvalue weighted by molar-refractivity contribution is -0.220. The lowest BCUT2D eigenvalue weighted by atomic mass is 10.0. The molecule has 0 spiro atoms. The third kappa shape index (κ3) is 5.52. The Kier molecular flexibility index (Phi) is 6.93. The van der Waals surface area contributed by atoms with Gasteiger partial charge in [0.2, 0.25) is 0 Å². The van der Waals surface area contributed by atoms with E-state index in [2.05, 4.69) is 33.9 Å². The van der Waals surface area contributed by atoms with Gasteiger partial charge < -0.3 is 18.7 Å². The molecule has 0 aromatic heterocycles. The van der Waals surface area contributed by atoms with Crippen molar-refractivity contribution in [1.29, 1.82) is 0 Å². The quantitative estimate of drug-likeness (QED) is 0.381. The van der Waals surface area contributed by atoms with Crippen LogP contribution in [0, 0.1) is 0 Å². The molecule has 0 aliphatic carbocycles. The highest BCUT2D eigenvalue weighted by atomic mass is 28.4. The summed E-state index contributed by atoms with van der Waals surface area (Å²) in [5.74, 6) is -0.834. The first kappa shape index (κ1) is 21.0. The Morgan fingerprint density at radius 2 is 1.71 bits per heavy atom. The molecule has 1 aromatic rings. The van der Waals surface area contributed by atoms with Gasteiger partial charge in [-0.25, -0.2) is 0 Å². The first-order chi connectivity index (χ1) is 10.9. The van der Waals surface area contributed by atoms with E-state index in [-0.39, 0.29) is 5.04 Å². The number of aldehydes is 1. The van der Waals surface area contributed by atoms with Crippen molar-refractivity contribution < 1.29 is 18.7 Å². The molecule has 0 saturated carbocycles. The van der Waals surface area contributed by atoms with Crippen molar-refractivity contribution in [1.82, 2.24) is 0 Å². The number of benzene rings is 1. The predicted molar refractivity (Wildman–Crippen MR) is 99.4 cm³/mol. The zero-order valence-corrected chi connectivity index (χ0v) is 17.3. The average Bonchev–Trinajstić information content (AvgIpc) is 2.50. The second-order valence-corrected chi connectivity index (χ2v) is 12.8. The summed E-state index contributed by atoms with van der Waals surface area (Å²) in [5.41, 5.74) is 1.81. The second-order valence-electron chi connectivity index (χ2n) is 8.03. The van der Waals surface area contributed by atoms with Crippen molar-refractivity contribution in [3.8, 4) is 0 Å². The number of ether oxygens (including phenoxy) is 2. The highest BCUT2D eigenvalue weighted by Gasteiger charge is 2.37. The molecule has 0 saturated heterocycles. The van der Waals surface area contributed by atoms with Crippen LogP contribution in [0.25, 0.3) is 0 Å². The van der Waals surface area contributed by atoms with Crippen molar-refractivity contribution in [3.63, 3.8) is 0 Å². The zero-order valence-electron chi connectivity index (χ0n) is 16.3. The lowest BCUT2D eigenvalue weighted by Gasteiger charge is -2.36. The van der Waals surface area contributed by atoms with E-state index in [1.54, 1.807) is 21.0 Å². The first-order valence-electron chi connectivity index (χ1n) is 8.33. The number of carbonyl (C=O) groups excluding carboxylic acids is 1. The minimum absolute atomic E-state index is 0.139. The molecule has 0 aliphatic heterocycles. The monoisotopic (exact) mass is 352 g/mol. The van der Waals surface area contributed by atoms with Gasteiger partial charge in [-0.05, 0) is 43.1 Å². The van der Waals surface area contributed by atoms with E-state index in [0.29, 0.717) is 6.61 Å². The smallest absolute Gasteiger partial charge is 0.192 e. The summed E-state index contributed by atoms with van der Waals surface area (Å²) in [7, 11) is -0.299. The van der Waals surface area contributed by atoms with Gasteiger partial charge in [0.25, 0.3) is 0 Å². The maximum Gasteiger partial charge on any atom is 0.192 e. The maximum absolute atomic E-state index is 11.6. The van der Waals surface area contributed by atoms with Crippen LogP contribution in [0.2, 0.25) is 18.1 Å². The van der Waals surface area contributed by atoms with Gasteiger partial charge in [-0.1, -0.05) is 45.0 Å². The molecule has 5 heteroatoms. The fourth-order valence-electron chi connectivity index (χ4n) is 1.94. The number of methoxy groups -OCH3 is 1. The van der Waals surface area contributed by atoms with Gasteiger partial charge in [0, 0.05) is 7.11 Å². The van der Waals surface area contributed by atoms with E-state index < -0.39 is 20.2 Å². The van der Waals surface area contributed by atoms with Gasteiger partial charge >= 0.3 is 0 Å². The Morgan fingerprint density at radius 1 is 1.12 bits per heavy atom. The van der Waals surface area contributed by atoms with Crippen LogP contribution in [-0.2, 0) is 25.3 Å².